The Morgan fingerprint density at radius 1 is 1.04 bits per heavy atom. The van der Waals surface area contributed by atoms with Crippen LogP contribution >= 0.6 is 0 Å². The number of halogens is 3. The van der Waals surface area contributed by atoms with Crippen molar-refractivity contribution in [1.29, 1.82) is 0 Å². The fourth-order valence-corrected chi connectivity index (χ4v) is 2.40. The van der Waals surface area contributed by atoms with Crippen LogP contribution in [0.2, 0.25) is 0 Å². The van der Waals surface area contributed by atoms with Gasteiger partial charge in [-0.3, -0.25) is 4.90 Å². The zero-order valence-corrected chi connectivity index (χ0v) is 16.3. The summed E-state index contributed by atoms with van der Waals surface area (Å²) >= 11 is 0. The van der Waals surface area contributed by atoms with Gasteiger partial charge < -0.3 is 10.2 Å². The van der Waals surface area contributed by atoms with Crippen LogP contribution in [0.25, 0.3) is 0 Å². The summed E-state index contributed by atoms with van der Waals surface area (Å²) < 4.78 is 39.3. The Morgan fingerprint density at radius 2 is 1.67 bits per heavy atom. The van der Waals surface area contributed by atoms with Crippen molar-refractivity contribution < 1.29 is 13.2 Å². The van der Waals surface area contributed by atoms with Crippen molar-refractivity contribution in [2.75, 3.05) is 31.4 Å². The molecule has 1 N–H and O–H groups in total. The molecule has 0 unspecified atom stereocenters. The summed E-state index contributed by atoms with van der Waals surface area (Å²) in [4.78, 5) is 11.5. The molecule has 0 fully saturated rings. The molecule has 0 aliphatic rings. The molecule has 0 spiro atoms. The van der Waals surface area contributed by atoms with Crippen LogP contribution in [0, 0.1) is 0 Å². The minimum atomic E-state index is -4.53. The van der Waals surface area contributed by atoms with Gasteiger partial charge in [0.05, 0.1) is 0 Å². The maximum absolute atomic E-state index is 13.1. The second-order valence-electron chi connectivity index (χ2n) is 6.96. The molecule has 0 saturated carbocycles. The van der Waals surface area contributed by atoms with Gasteiger partial charge in [0.25, 0.3) is 0 Å². The van der Waals surface area contributed by atoms with Gasteiger partial charge in [-0.15, -0.1) is 0 Å². The summed E-state index contributed by atoms with van der Waals surface area (Å²) in [6.45, 7) is 5.32. The first-order valence-electron chi connectivity index (χ1n) is 8.72. The van der Waals surface area contributed by atoms with E-state index in [0.29, 0.717) is 12.6 Å². The quantitative estimate of drug-likeness (QED) is 0.785. The van der Waals surface area contributed by atoms with Crippen molar-refractivity contribution in [1.82, 2.24) is 14.9 Å². The van der Waals surface area contributed by atoms with E-state index in [9.17, 15) is 13.2 Å². The molecule has 2 aromatic rings. The van der Waals surface area contributed by atoms with Crippen LogP contribution in [-0.4, -0.2) is 42.1 Å². The van der Waals surface area contributed by atoms with Gasteiger partial charge in [0.1, 0.15) is 5.82 Å². The van der Waals surface area contributed by atoms with Gasteiger partial charge in [0, 0.05) is 39.3 Å². The van der Waals surface area contributed by atoms with E-state index in [1.54, 1.807) is 14.1 Å². The molecule has 0 atom stereocenters. The lowest BCUT2D eigenvalue weighted by Gasteiger charge is -2.22. The zero-order valence-electron chi connectivity index (χ0n) is 16.3. The summed E-state index contributed by atoms with van der Waals surface area (Å²) in [5.41, 5.74) is 1.15. The number of alkyl halides is 3. The number of aromatic nitrogens is 2. The third-order valence-electron chi connectivity index (χ3n) is 4.32. The number of hydrogen-bond acceptors (Lipinski definition) is 5. The van der Waals surface area contributed by atoms with Crippen molar-refractivity contribution in [3.8, 4) is 0 Å². The molecule has 0 saturated heterocycles. The largest absolute Gasteiger partial charge is 0.433 e. The van der Waals surface area contributed by atoms with Crippen LogP contribution in [-0.2, 0) is 19.3 Å². The Kier molecular flexibility index (Phi) is 6.64. The van der Waals surface area contributed by atoms with Gasteiger partial charge in [-0.2, -0.15) is 18.2 Å². The van der Waals surface area contributed by atoms with Crippen LogP contribution in [0.5, 0.6) is 0 Å². The smallest absolute Gasteiger partial charge is 0.363 e. The summed E-state index contributed by atoms with van der Waals surface area (Å²) in [6.07, 6.45) is -4.53. The Bertz CT molecular complexity index is 759. The molecule has 1 aromatic carbocycles. The highest BCUT2D eigenvalue weighted by atomic mass is 19.4. The van der Waals surface area contributed by atoms with Crippen molar-refractivity contribution in [2.24, 2.45) is 0 Å². The first-order valence-corrected chi connectivity index (χ1v) is 8.72. The fraction of sp³-hybridized carbons (Fsp3) is 0.474. The van der Waals surface area contributed by atoms with Crippen molar-refractivity contribution in [3.63, 3.8) is 0 Å². The summed E-state index contributed by atoms with van der Waals surface area (Å²) in [5.74, 6) is 0.160. The Labute approximate surface area is 158 Å². The highest BCUT2D eigenvalue weighted by molar-refractivity contribution is 5.45. The number of hydrogen-bond donors (Lipinski definition) is 1. The van der Waals surface area contributed by atoms with Crippen LogP contribution in [0.3, 0.4) is 0 Å². The topological polar surface area (TPSA) is 44.3 Å². The molecule has 0 radical (unpaired) electrons. The Hall–Kier alpha value is -2.35. The van der Waals surface area contributed by atoms with Gasteiger partial charge in [-0.05, 0) is 32.0 Å². The molecule has 148 valence electrons. The van der Waals surface area contributed by atoms with Crippen LogP contribution in [0.1, 0.15) is 30.7 Å². The minimum Gasteiger partial charge on any atom is -0.363 e. The predicted molar refractivity (Wildman–Crippen MR) is 102 cm³/mol. The molecule has 27 heavy (non-hydrogen) atoms. The average Bonchev–Trinajstić information content (AvgIpc) is 2.59. The highest BCUT2D eigenvalue weighted by Crippen LogP contribution is 2.30. The van der Waals surface area contributed by atoms with Crippen LogP contribution in [0.15, 0.2) is 30.3 Å². The Balaban J connectivity index is 2.23. The third kappa shape index (κ3) is 5.82. The number of nitrogens with zero attached hydrogens (tertiary/aromatic N) is 4. The van der Waals surface area contributed by atoms with Gasteiger partial charge in [-0.1, -0.05) is 24.3 Å². The third-order valence-corrected chi connectivity index (χ3v) is 4.32. The molecule has 1 aromatic heterocycles. The van der Waals surface area contributed by atoms with Crippen LogP contribution < -0.4 is 10.2 Å². The molecular formula is C19H26F3N5. The standard InChI is InChI=1S/C19H26F3N5/c1-13(2)27(5)12-15-9-7-6-8-14(15)11-23-18-24-16(19(20,21)22)10-17(25-18)26(3)4/h6-10,13H,11-12H2,1-5H3,(H,23,24,25). The summed E-state index contributed by atoms with van der Waals surface area (Å²) in [7, 11) is 5.32. The van der Waals surface area contributed by atoms with Crippen molar-refractivity contribution in [2.45, 2.75) is 39.2 Å². The lowest BCUT2D eigenvalue weighted by Crippen LogP contribution is -2.26. The maximum Gasteiger partial charge on any atom is 0.433 e. The number of benzene rings is 1. The van der Waals surface area contributed by atoms with E-state index in [0.717, 1.165) is 23.7 Å². The normalized spacial score (nSPS) is 11.9. The fourth-order valence-electron chi connectivity index (χ4n) is 2.40. The molecule has 1 heterocycles. The number of rotatable bonds is 7. The first-order chi connectivity index (χ1) is 12.6. The maximum atomic E-state index is 13.1. The van der Waals surface area contributed by atoms with Crippen molar-refractivity contribution >= 4 is 11.8 Å². The van der Waals surface area contributed by atoms with Crippen molar-refractivity contribution in [3.05, 3.63) is 47.2 Å². The molecule has 0 amide bonds. The van der Waals surface area contributed by atoms with E-state index >= 15 is 0 Å². The van der Waals surface area contributed by atoms with E-state index in [4.69, 9.17) is 0 Å². The van der Waals surface area contributed by atoms with Gasteiger partial charge in [0.2, 0.25) is 5.95 Å². The lowest BCUT2D eigenvalue weighted by molar-refractivity contribution is -0.141. The van der Waals surface area contributed by atoms with E-state index in [1.807, 2.05) is 31.3 Å². The molecule has 0 aliphatic carbocycles. The van der Waals surface area contributed by atoms with Gasteiger partial charge in [0.15, 0.2) is 5.69 Å². The predicted octanol–water partition coefficient (Wildman–Crippen LogP) is 4.01. The summed E-state index contributed by atoms with van der Waals surface area (Å²) in [5, 5.41) is 2.94. The monoisotopic (exact) mass is 381 g/mol. The van der Waals surface area contributed by atoms with E-state index in [2.05, 4.69) is 34.0 Å². The molecule has 0 aliphatic heterocycles. The molecule has 2 rings (SSSR count). The summed E-state index contributed by atoms with van der Waals surface area (Å²) in [6, 6.07) is 9.17. The van der Waals surface area contributed by atoms with E-state index in [-0.39, 0.29) is 11.8 Å². The average molecular weight is 381 g/mol. The first kappa shape index (κ1) is 21.0. The molecular weight excluding hydrogens is 355 g/mol. The SMILES string of the molecule is CC(C)N(C)Cc1ccccc1CNc1nc(N(C)C)cc(C(F)(F)F)n1. The second kappa shape index (κ2) is 8.56. The minimum absolute atomic E-state index is 0.0412. The molecule has 5 nitrogen and oxygen atoms in total. The van der Waals surface area contributed by atoms with E-state index < -0.39 is 11.9 Å². The van der Waals surface area contributed by atoms with Gasteiger partial charge >= 0.3 is 6.18 Å². The number of nitrogens with one attached hydrogen (secondary N) is 1. The molecule has 8 heteroatoms. The second-order valence-corrected chi connectivity index (χ2v) is 6.96. The van der Waals surface area contributed by atoms with Crippen LogP contribution in [0.4, 0.5) is 24.9 Å². The van der Waals surface area contributed by atoms with E-state index in [1.165, 1.54) is 4.90 Å². The van der Waals surface area contributed by atoms with Gasteiger partial charge in [-0.25, -0.2) is 4.98 Å². The lowest BCUT2D eigenvalue weighted by atomic mass is 10.1. The number of anilines is 2. The Morgan fingerprint density at radius 3 is 2.22 bits per heavy atom. The molecule has 0 bridgehead atoms. The zero-order chi connectivity index (χ0) is 20.2. The highest BCUT2D eigenvalue weighted by Gasteiger charge is 2.34.